The van der Waals surface area contributed by atoms with Gasteiger partial charge in [0, 0.05) is 30.5 Å². The largest absolute Gasteiger partial charge is 0.341 e. The number of nitrogens with one attached hydrogen (secondary N) is 3. The molecule has 4 rings (SSSR count). The number of fused-ring (bicyclic) bond motifs is 1. The summed E-state index contributed by atoms with van der Waals surface area (Å²) in [5.41, 5.74) is 2.24. The van der Waals surface area contributed by atoms with Crippen LogP contribution in [0.4, 0.5) is 20.6 Å². The first-order valence-corrected chi connectivity index (χ1v) is 9.86. The van der Waals surface area contributed by atoms with Gasteiger partial charge in [0.05, 0.1) is 17.3 Å². The third-order valence-corrected chi connectivity index (χ3v) is 5.31. The van der Waals surface area contributed by atoms with Crippen molar-refractivity contribution in [2.75, 3.05) is 17.7 Å². The van der Waals surface area contributed by atoms with Crippen LogP contribution >= 0.6 is 0 Å². The molecular formula is C23H21FN4O3. The zero-order valence-electron chi connectivity index (χ0n) is 16.8. The molecule has 2 aromatic carbocycles. The van der Waals surface area contributed by atoms with Crippen molar-refractivity contribution < 1.29 is 18.8 Å². The molecule has 0 aliphatic carbocycles. The first-order valence-electron chi connectivity index (χ1n) is 9.86. The number of aromatic nitrogens is 1. The number of hydrogen-bond acceptors (Lipinski definition) is 3. The maximum Gasteiger partial charge on any atom is 0.319 e. The summed E-state index contributed by atoms with van der Waals surface area (Å²) in [6.07, 6.45) is 0.557. The van der Waals surface area contributed by atoms with Crippen LogP contribution in [0, 0.1) is 5.82 Å². The van der Waals surface area contributed by atoms with Crippen molar-refractivity contribution in [3.8, 4) is 0 Å². The van der Waals surface area contributed by atoms with E-state index in [1.54, 1.807) is 24.3 Å². The number of carbonyl (C=O) groups is 3. The predicted molar refractivity (Wildman–Crippen MR) is 115 cm³/mol. The van der Waals surface area contributed by atoms with Crippen LogP contribution in [0.3, 0.4) is 0 Å². The number of anilines is 2. The van der Waals surface area contributed by atoms with E-state index in [9.17, 15) is 18.8 Å². The fraction of sp³-hybridized carbons (Fsp3) is 0.174. The number of carbonyl (C=O) groups excluding carboxylic acids is 3. The zero-order chi connectivity index (χ0) is 22.0. The summed E-state index contributed by atoms with van der Waals surface area (Å²) in [6, 6.07) is 16.0. The van der Waals surface area contributed by atoms with Crippen LogP contribution in [0.25, 0.3) is 0 Å². The molecule has 0 saturated heterocycles. The van der Waals surface area contributed by atoms with Crippen LogP contribution < -0.4 is 16.0 Å². The van der Waals surface area contributed by atoms with Gasteiger partial charge in [0.25, 0.3) is 0 Å². The van der Waals surface area contributed by atoms with E-state index in [1.165, 1.54) is 25.2 Å². The summed E-state index contributed by atoms with van der Waals surface area (Å²) >= 11 is 0. The fourth-order valence-electron chi connectivity index (χ4n) is 3.76. The molecule has 3 amide bonds. The Labute approximate surface area is 178 Å². The van der Waals surface area contributed by atoms with E-state index in [0.29, 0.717) is 29.9 Å². The molecular weight excluding hydrogens is 399 g/mol. The standard InChI is InChI=1S/C23H21FN4O3/c1-25-23(31)27-18-13-15(7-8-17(18)24)26-22(30)16-11-12-28-19(16)9-10-20(28)21(29)14-5-3-2-4-6-14/h2-10,13,16H,11-12H2,1H3,(H,26,30)(H2,25,27,31). The Hall–Kier alpha value is -3.94. The van der Waals surface area contributed by atoms with Crippen molar-refractivity contribution in [2.24, 2.45) is 0 Å². The Bertz CT molecular complexity index is 1160. The molecule has 1 aliphatic rings. The van der Waals surface area contributed by atoms with Gasteiger partial charge < -0.3 is 20.5 Å². The number of halogens is 1. The molecule has 1 unspecified atom stereocenters. The number of nitrogens with zero attached hydrogens (tertiary/aromatic N) is 1. The molecule has 0 spiro atoms. The minimum Gasteiger partial charge on any atom is -0.341 e. The topological polar surface area (TPSA) is 92.2 Å². The molecule has 1 aromatic heterocycles. The van der Waals surface area contributed by atoms with Gasteiger partial charge in [0.15, 0.2) is 0 Å². The van der Waals surface area contributed by atoms with Crippen LogP contribution in [-0.4, -0.2) is 29.3 Å². The Balaban J connectivity index is 1.51. The van der Waals surface area contributed by atoms with Crippen molar-refractivity contribution in [3.63, 3.8) is 0 Å². The smallest absolute Gasteiger partial charge is 0.319 e. The lowest BCUT2D eigenvalue weighted by molar-refractivity contribution is -0.117. The molecule has 8 heteroatoms. The molecule has 0 bridgehead atoms. The molecule has 2 heterocycles. The molecule has 3 N–H and O–H groups in total. The quantitative estimate of drug-likeness (QED) is 0.549. The van der Waals surface area contributed by atoms with E-state index in [1.807, 2.05) is 22.8 Å². The number of urea groups is 1. The molecule has 158 valence electrons. The SMILES string of the molecule is CNC(=O)Nc1cc(NC(=O)C2CCn3c(C(=O)c4ccccc4)ccc32)ccc1F. The van der Waals surface area contributed by atoms with E-state index >= 15 is 0 Å². The number of benzene rings is 2. The van der Waals surface area contributed by atoms with Gasteiger partial charge in [-0.05, 0) is 36.8 Å². The lowest BCUT2D eigenvalue weighted by atomic mass is 10.0. The van der Waals surface area contributed by atoms with Crippen molar-refractivity contribution in [3.05, 3.63) is 83.4 Å². The monoisotopic (exact) mass is 420 g/mol. The second kappa shape index (κ2) is 8.43. The van der Waals surface area contributed by atoms with Crippen LogP contribution in [0.2, 0.25) is 0 Å². The normalized spacial score (nSPS) is 14.6. The summed E-state index contributed by atoms with van der Waals surface area (Å²) in [5, 5.41) is 7.50. The van der Waals surface area contributed by atoms with Gasteiger partial charge in [-0.1, -0.05) is 30.3 Å². The summed E-state index contributed by atoms with van der Waals surface area (Å²) < 4.78 is 15.8. The molecule has 0 fully saturated rings. The summed E-state index contributed by atoms with van der Waals surface area (Å²) in [6.45, 7) is 0.557. The molecule has 0 saturated carbocycles. The van der Waals surface area contributed by atoms with E-state index < -0.39 is 17.8 Å². The average Bonchev–Trinajstić information content (AvgIpc) is 3.38. The molecule has 7 nitrogen and oxygen atoms in total. The summed E-state index contributed by atoms with van der Waals surface area (Å²) in [5.74, 6) is -1.39. The number of amides is 3. The van der Waals surface area contributed by atoms with Gasteiger partial charge in [-0.15, -0.1) is 0 Å². The van der Waals surface area contributed by atoms with Gasteiger partial charge in [-0.2, -0.15) is 0 Å². The van der Waals surface area contributed by atoms with Gasteiger partial charge in [0.2, 0.25) is 11.7 Å². The number of rotatable bonds is 5. The van der Waals surface area contributed by atoms with Gasteiger partial charge in [-0.25, -0.2) is 9.18 Å². The van der Waals surface area contributed by atoms with Gasteiger partial charge >= 0.3 is 6.03 Å². The Morgan fingerprint density at radius 1 is 1.00 bits per heavy atom. The zero-order valence-corrected chi connectivity index (χ0v) is 16.8. The van der Waals surface area contributed by atoms with Crippen molar-refractivity contribution >= 4 is 29.1 Å². The third kappa shape index (κ3) is 4.05. The molecule has 31 heavy (non-hydrogen) atoms. The fourth-order valence-corrected chi connectivity index (χ4v) is 3.76. The minimum absolute atomic E-state index is 0.0392. The highest BCUT2D eigenvalue weighted by Gasteiger charge is 2.32. The van der Waals surface area contributed by atoms with Crippen LogP contribution in [-0.2, 0) is 11.3 Å². The Kier molecular flexibility index (Phi) is 5.53. The van der Waals surface area contributed by atoms with E-state index in [0.717, 1.165) is 5.69 Å². The molecule has 1 atom stereocenters. The van der Waals surface area contributed by atoms with E-state index in [-0.39, 0.29) is 17.4 Å². The maximum absolute atomic E-state index is 13.9. The Morgan fingerprint density at radius 3 is 2.52 bits per heavy atom. The first-order chi connectivity index (χ1) is 15.0. The lowest BCUT2D eigenvalue weighted by Gasteiger charge is -2.13. The molecule has 3 aromatic rings. The van der Waals surface area contributed by atoms with Crippen LogP contribution in [0.15, 0.2) is 60.7 Å². The second-order valence-corrected chi connectivity index (χ2v) is 7.22. The first kappa shape index (κ1) is 20.3. The highest BCUT2D eigenvalue weighted by atomic mass is 19.1. The lowest BCUT2D eigenvalue weighted by Crippen LogP contribution is -2.25. The third-order valence-electron chi connectivity index (χ3n) is 5.31. The summed E-state index contributed by atoms with van der Waals surface area (Å²) in [4.78, 5) is 37.2. The highest BCUT2D eigenvalue weighted by molar-refractivity contribution is 6.08. The maximum atomic E-state index is 13.9. The predicted octanol–water partition coefficient (Wildman–Crippen LogP) is 3.74. The summed E-state index contributed by atoms with van der Waals surface area (Å²) in [7, 11) is 1.42. The molecule has 0 radical (unpaired) electrons. The van der Waals surface area contributed by atoms with E-state index in [2.05, 4.69) is 16.0 Å². The highest BCUT2D eigenvalue weighted by Crippen LogP contribution is 2.32. The average molecular weight is 420 g/mol. The van der Waals surface area contributed by atoms with Crippen LogP contribution in [0.1, 0.15) is 34.1 Å². The van der Waals surface area contributed by atoms with Gasteiger partial charge in [-0.3, -0.25) is 9.59 Å². The van der Waals surface area contributed by atoms with Crippen molar-refractivity contribution in [1.82, 2.24) is 9.88 Å². The van der Waals surface area contributed by atoms with Crippen LogP contribution in [0.5, 0.6) is 0 Å². The van der Waals surface area contributed by atoms with Crippen molar-refractivity contribution in [1.29, 1.82) is 0 Å². The Morgan fingerprint density at radius 2 is 1.77 bits per heavy atom. The number of ketones is 1. The second-order valence-electron chi connectivity index (χ2n) is 7.22. The minimum atomic E-state index is -0.611. The van der Waals surface area contributed by atoms with Crippen molar-refractivity contribution in [2.45, 2.75) is 18.9 Å². The van der Waals surface area contributed by atoms with E-state index in [4.69, 9.17) is 0 Å². The number of hydrogen-bond donors (Lipinski definition) is 3. The molecule has 1 aliphatic heterocycles. The van der Waals surface area contributed by atoms with Gasteiger partial charge in [0.1, 0.15) is 5.82 Å².